The lowest BCUT2D eigenvalue weighted by Gasteiger charge is -2.30. The number of alkyl halides is 3. The van der Waals surface area contributed by atoms with Gasteiger partial charge >= 0.3 is 11.9 Å². The lowest BCUT2D eigenvalue weighted by atomic mass is 9.96. The van der Waals surface area contributed by atoms with Gasteiger partial charge in [0.05, 0.1) is 30.3 Å². The lowest BCUT2D eigenvalue weighted by Crippen LogP contribution is -2.45. The predicted molar refractivity (Wildman–Crippen MR) is 147 cm³/mol. The van der Waals surface area contributed by atoms with Crippen molar-refractivity contribution in [2.45, 2.75) is 30.3 Å². The Labute approximate surface area is 232 Å². The van der Waals surface area contributed by atoms with E-state index in [1.54, 1.807) is 0 Å². The molecule has 2 aliphatic rings. The van der Waals surface area contributed by atoms with E-state index in [1.165, 1.54) is 28.5 Å². The maximum Gasteiger partial charge on any atom is 0.417 e. The molecule has 1 fully saturated rings. The Morgan fingerprint density at radius 3 is 2.48 bits per heavy atom. The predicted octanol–water partition coefficient (Wildman–Crippen LogP) is 5.32. The van der Waals surface area contributed by atoms with Gasteiger partial charge in [0.15, 0.2) is 0 Å². The summed E-state index contributed by atoms with van der Waals surface area (Å²) in [5, 5.41) is 3.49. The fourth-order valence-corrected chi connectivity index (χ4v) is 6.55. The number of hydrogen-bond donors (Lipinski definition) is 1. The summed E-state index contributed by atoms with van der Waals surface area (Å²) in [4.78, 5) is 20.0. The van der Waals surface area contributed by atoms with Crippen LogP contribution in [0.15, 0.2) is 70.4 Å². The van der Waals surface area contributed by atoms with E-state index in [4.69, 9.17) is 4.74 Å². The largest absolute Gasteiger partial charge is 0.417 e. The summed E-state index contributed by atoms with van der Waals surface area (Å²) in [5.41, 5.74) is 0.117. The summed E-state index contributed by atoms with van der Waals surface area (Å²) in [7, 11) is 0. The summed E-state index contributed by atoms with van der Waals surface area (Å²) in [5.74, 6) is 0.0224. The first-order valence-corrected chi connectivity index (χ1v) is 14.0. The molecule has 3 heterocycles. The Morgan fingerprint density at radius 2 is 1.77 bits per heavy atom. The first-order chi connectivity index (χ1) is 19.3. The van der Waals surface area contributed by atoms with Crippen molar-refractivity contribution in [3.05, 3.63) is 88.1 Å². The average molecular weight is 571 g/mol. The van der Waals surface area contributed by atoms with Crippen LogP contribution in [0.1, 0.15) is 11.1 Å². The fourth-order valence-electron chi connectivity index (χ4n) is 5.27. The molecule has 0 unspecified atom stereocenters. The summed E-state index contributed by atoms with van der Waals surface area (Å²) in [6, 6.07) is 15.6. The third-order valence-electron chi connectivity index (χ3n) is 7.18. The van der Waals surface area contributed by atoms with Crippen molar-refractivity contribution in [3.8, 4) is 11.1 Å². The molecule has 6 nitrogen and oxygen atoms in total. The maximum atomic E-state index is 14.7. The van der Waals surface area contributed by atoms with Crippen molar-refractivity contribution < 1.29 is 22.3 Å². The molecule has 1 atom stereocenters. The van der Waals surface area contributed by atoms with Gasteiger partial charge in [-0.3, -0.25) is 4.57 Å². The molecule has 0 aliphatic carbocycles. The second-order valence-electron chi connectivity index (χ2n) is 9.82. The van der Waals surface area contributed by atoms with Gasteiger partial charge in [-0.15, -0.1) is 11.8 Å². The van der Waals surface area contributed by atoms with E-state index in [0.717, 1.165) is 23.8 Å². The SMILES string of the molecule is O=c1nc(N2CCNCC2)c2cc(C(F)(F)F)c(-c3ccc(F)cc3)c3c2n1C[C@@H](OCc1ccccc1)CS3. The maximum absolute atomic E-state index is 14.7. The van der Waals surface area contributed by atoms with Crippen molar-refractivity contribution in [3.63, 3.8) is 0 Å². The highest BCUT2D eigenvalue weighted by Gasteiger charge is 2.38. The topological polar surface area (TPSA) is 59.4 Å². The Balaban J connectivity index is 1.56. The molecule has 0 amide bonds. The second-order valence-corrected chi connectivity index (χ2v) is 10.9. The zero-order valence-electron chi connectivity index (χ0n) is 21.4. The van der Waals surface area contributed by atoms with Crippen LogP contribution in [-0.4, -0.2) is 47.6 Å². The molecule has 4 aromatic rings. The van der Waals surface area contributed by atoms with Crippen LogP contribution in [0.3, 0.4) is 0 Å². The Bertz CT molecular complexity index is 1590. The number of benzene rings is 3. The number of nitrogens with one attached hydrogen (secondary N) is 1. The molecule has 2 aliphatic heterocycles. The van der Waals surface area contributed by atoms with Crippen molar-refractivity contribution in [2.75, 3.05) is 36.8 Å². The lowest BCUT2D eigenvalue weighted by molar-refractivity contribution is -0.137. The number of nitrogens with zero attached hydrogens (tertiary/aromatic N) is 3. The van der Waals surface area contributed by atoms with E-state index < -0.39 is 29.4 Å². The first kappa shape index (κ1) is 26.8. The highest BCUT2D eigenvalue weighted by Crippen LogP contribution is 2.48. The second kappa shape index (κ2) is 10.9. The zero-order chi connectivity index (χ0) is 27.9. The van der Waals surface area contributed by atoms with Crippen molar-refractivity contribution in [1.29, 1.82) is 0 Å². The van der Waals surface area contributed by atoms with E-state index in [-0.39, 0.29) is 28.9 Å². The average Bonchev–Trinajstić information content (AvgIpc) is 3.15. The van der Waals surface area contributed by atoms with E-state index in [9.17, 15) is 22.4 Å². The number of rotatable bonds is 5. The molecule has 0 bridgehead atoms. The van der Waals surface area contributed by atoms with E-state index in [1.807, 2.05) is 35.2 Å². The molecule has 1 aromatic heterocycles. The molecule has 208 valence electrons. The number of hydrogen-bond acceptors (Lipinski definition) is 6. The molecule has 40 heavy (non-hydrogen) atoms. The molecule has 3 aromatic carbocycles. The van der Waals surface area contributed by atoms with Crippen LogP contribution in [0.2, 0.25) is 0 Å². The quantitative estimate of drug-likeness (QED) is 0.328. The van der Waals surface area contributed by atoms with Gasteiger partial charge in [-0.25, -0.2) is 9.18 Å². The molecule has 11 heteroatoms. The number of halogens is 4. The number of anilines is 1. The van der Waals surface area contributed by atoms with Crippen LogP contribution < -0.4 is 15.9 Å². The Hall–Kier alpha value is -3.41. The van der Waals surface area contributed by atoms with Crippen molar-refractivity contribution in [2.24, 2.45) is 0 Å². The minimum Gasteiger partial charge on any atom is -0.371 e. The van der Waals surface area contributed by atoms with Gasteiger partial charge in [0.25, 0.3) is 0 Å². The normalized spacial score (nSPS) is 17.7. The summed E-state index contributed by atoms with van der Waals surface area (Å²) in [6.07, 6.45) is -5.16. The number of thioether (sulfide) groups is 1. The van der Waals surface area contributed by atoms with Crippen LogP contribution >= 0.6 is 11.8 Å². The van der Waals surface area contributed by atoms with Gasteiger partial charge in [-0.05, 0) is 29.3 Å². The summed E-state index contributed by atoms with van der Waals surface area (Å²) >= 11 is 1.23. The minimum absolute atomic E-state index is 0.0701. The summed E-state index contributed by atoms with van der Waals surface area (Å²) in [6.45, 7) is 2.72. The van der Waals surface area contributed by atoms with E-state index in [0.29, 0.717) is 49.0 Å². The highest BCUT2D eigenvalue weighted by molar-refractivity contribution is 7.99. The standard InChI is InChI=1S/C29H26F4N4O2S/c30-20-8-6-19(7-9-20)24-23(29(31,32)33)14-22-25-26(24)40-17-21(39-16-18-4-2-1-3-5-18)15-37(25)28(38)35-27(22)36-12-10-34-11-13-36/h1-9,14,21,34H,10-13,15-17H2/t21-/m1/s1. The summed E-state index contributed by atoms with van der Waals surface area (Å²) < 4.78 is 65.5. The van der Waals surface area contributed by atoms with Gasteiger partial charge in [0.1, 0.15) is 11.6 Å². The number of piperazine rings is 1. The van der Waals surface area contributed by atoms with E-state index >= 15 is 0 Å². The van der Waals surface area contributed by atoms with Crippen LogP contribution in [0.25, 0.3) is 22.0 Å². The van der Waals surface area contributed by atoms with Crippen LogP contribution in [0.4, 0.5) is 23.4 Å². The Kier molecular flexibility index (Phi) is 7.28. The van der Waals surface area contributed by atoms with Crippen LogP contribution in [-0.2, 0) is 24.1 Å². The number of ether oxygens (including phenoxy) is 1. The van der Waals surface area contributed by atoms with Gasteiger partial charge in [-0.1, -0.05) is 42.5 Å². The first-order valence-electron chi connectivity index (χ1n) is 13.0. The number of aromatic nitrogens is 2. The monoisotopic (exact) mass is 570 g/mol. The van der Waals surface area contributed by atoms with Gasteiger partial charge in [-0.2, -0.15) is 18.2 Å². The van der Waals surface area contributed by atoms with Crippen molar-refractivity contribution >= 4 is 28.5 Å². The Morgan fingerprint density at radius 1 is 1.05 bits per heavy atom. The molecular weight excluding hydrogens is 544 g/mol. The van der Waals surface area contributed by atoms with Crippen LogP contribution in [0.5, 0.6) is 0 Å². The molecule has 1 saturated heterocycles. The third-order valence-corrected chi connectivity index (χ3v) is 8.41. The third kappa shape index (κ3) is 5.21. The zero-order valence-corrected chi connectivity index (χ0v) is 22.2. The molecular formula is C29H26F4N4O2S. The molecule has 0 saturated carbocycles. The van der Waals surface area contributed by atoms with Crippen molar-refractivity contribution in [1.82, 2.24) is 14.9 Å². The molecule has 0 spiro atoms. The fraction of sp³-hybridized carbons (Fsp3) is 0.310. The van der Waals surface area contributed by atoms with E-state index in [2.05, 4.69) is 10.3 Å². The highest BCUT2D eigenvalue weighted by atomic mass is 32.2. The minimum atomic E-state index is -4.70. The molecule has 6 rings (SSSR count). The smallest absolute Gasteiger partial charge is 0.371 e. The molecule has 1 N–H and O–H groups in total. The van der Waals surface area contributed by atoms with Gasteiger partial charge in [0.2, 0.25) is 0 Å². The van der Waals surface area contributed by atoms with Gasteiger partial charge < -0.3 is 15.0 Å². The van der Waals surface area contributed by atoms with Crippen LogP contribution in [0, 0.1) is 5.82 Å². The van der Waals surface area contributed by atoms with Gasteiger partial charge in [0, 0.05) is 47.8 Å². The molecule has 0 radical (unpaired) electrons.